The number of aromatic nitrogens is 2. The molecule has 0 amide bonds. The van der Waals surface area contributed by atoms with Crippen LogP contribution < -0.4 is 0 Å². The Morgan fingerprint density at radius 3 is 2.95 bits per heavy atom. The molecule has 1 N–H and O–H groups in total. The van der Waals surface area contributed by atoms with Crippen molar-refractivity contribution in [3.63, 3.8) is 0 Å². The van der Waals surface area contributed by atoms with Crippen LogP contribution in [-0.2, 0) is 29.2 Å². The zero-order valence-corrected chi connectivity index (χ0v) is 12.5. The highest BCUT2D eigenvalue weighted by Crippen LogP contribution is 2.25. The fourth-order valence-electron chi connectivity index (χ4n) is 3.29. The van der Waals surface area contributed by atoms with Crippen LogP contribution in [-0.4, -0.2) is 40.7 Å². The van der Waals surface area contributed by atoms with E-state index >= 15 is 0 Å². The Morgan fingerprint density at radius 1 is 1.35 bits per heavy atom. The van der Waals surface area contributed by atoms with Gasteiger partial charge in [-0.25, -0.2) is 13.4 Å². The summed E-state index contributed by atoms with van der Waals surface area (Å²) < 4.78 is 26.2. The van der Waals surface area contributed by atoms with Crippen molar-refractivity contribution in [2.45, 2.75) is 50.3 Å². The molecule has 1 saturated heterocycles. The average molecular weight is 298 g/mol. The number of nitrogens with zero attached hydrogens (tertiary/aromatic N) is 2. The molecule has 0 spiro atoms. The summed E-state index contributed by atoms with van der Waals surface area (Å²) in [5.74, 6) is 1.63. The number of imidazole rings is 1. The van der Waals surface area contributed by atoms with Crippen LogP contribution in [0.5, 0.6) is 0 Å². The molecule has 0 aliphatic carbocycles. The third kappa shape index (κ3) is 2.76. The quantitative estimate of drug-likeness (QED) is 0.901. The standard InChI is InChI=1S/C14H22N2O3S/c17-10-11-4-5-16-9-12(15-14(16)7-11)8-13-3-1-2-6-20(13,18)19/h9,11,13,17H,1-8,10H2. The van der Waals surface area contributed by atoms with E-state index in [9.17, 15) is 13.5 Å². The molecule has 2 aliphatic rings. The number of sulfone groups is 1. The summed E-state index contributed by atoms with van der Waals surface area (Å²) in [4.78, 5) is 4.60. The number of rotatable bonds is 3. The minimum atomic E-state index is -2.93. The Hall–Kier alpha value is -0.880. The molecule has 112 valence electrons. The largest absolute Gasteiger partial charge is 0.396 e. The predicted octanol–water partition coefficient (Wildman–Crippen LogP) is 0.948. The first kappa shape index (κ1) is 14.1. The molecule has 2 aliphatic heterocycles. The Balaban J connectivity index is 1.74. The predicted molar refractivity (Wildman–Crippen MR) is 76.3 cm³/mol. The first-order valence-electron chi connectivity index (χ1n) is 7.46. The molecule has 6 heteroatoms. The van der Waals surface area contributed by atoms with Gasteiger partial charge < -0.3 is 9.67 Å². The third-order valence-electron chi connectivity index (χ3n) is 4.57. The summed E-state index contributed by atoms with van der Waals surface area (Å²) >= 11 is 0. The first-order valence-corrected chi connectivity index (χ1v) is 9.17. The average Bonchev–Trinajstić information content (AvgIpc) is 2.82. The molecule has 1 aromatic heterocycles. The van der Waals surface area contributed by atoms with Gasteiger partial charge in [0.15, 0.2) is 9.84 Å². The van der Waals surface area contributed by atoms with Crippen LogP contribution >= 0.6 is 0 Å². The van der Waals surface area contributed by atoms with Crippen molar-refractivity contribution in [3.8, 4) is 0 Å². The number of hydrogen-bond acceptors (Lipinski definition) is 4. The maximum Gasteiger partial charge on any atom is 0.153 e. The van der Waals surface area contributed by atoms with Gasteiger partial charge in [0.05, 0.1) is 16.7 Å². The summed E-state index contributed by atoms with van der Waals surface area (Å²) in [6.07, 6.45) is 6.90. The fraction of sp³-hybridized carbons (Fsp3) is 0.786. The number of aryl methyl sites for hydroxylation is 1. The molecule has 2 atom stereocenters. The van der Waals surface area contributed by atoms with Gasteiger partial charge in [-0.05, 0) is 25.2 Å². The lowest BCUT2D eigenvalue weighted by molar-refractivity contribution is 0.199. The second kappa shape index (κ2) is 5.48. The van der Waals surface area contributed by atoms with Crippen molar-refractivity contribution in [2.24, 2.45) is 5.92 Å². The monoisotopic (exact) mass is 298 g/mol. The van der Waals surface area contributed by atoms with E-state index in [-0.39, 0.29) is 11.9 Å². The molecule has 0 bridgehead atoms. The summed E-state index contributed by atoms with van der Waals surface area (Å²) in [7, 11) is -2.93. The van der Waals surface area contributed by atoms with E-state index in [2.05, 4.69) is 9.55 Å². The Bertz CT molecular complexity index is 579. The summed E-state index contributed by atoms with van der Waals surface area (Å²) in [5.41, 5.74) is 0.897. The van der Waals surface area contributed by atoms with E-state index in [1.165, 1.54) is 0 Å². The van der Waals surface area contributed by atoms with Crippen LogP contribution in [0.1, 0.15) is 37.2 Å². The van der Waals surface area contributed by atoms with E-state index in [0.717, 1.165) is 50.2 Å². The molecule has 3 heterocycles. The van der Waals surface area contributed by atoms with Crippen LogP contribution in [0.3, 0.4) is 0 Å². The van der Waals surface area contributed by atoms with Gasteiger partial charge in [-0.1, -0.05) is 6.42 Å². The van der Waals surface area contributed by atoms with Crippen molar-refractivity contribution in [2.75, 3.05) is 12.4 Å². The van der Waals surface area contributed by atoms with Crippen LogP contribution in [0.4, 0.5) is 0 Å². The van der Waals surface area contributed by atoms with Gasteiger partial charge in [-0.15, -0.1) is 0 Å². The molecular formula is C14H22N2O3S. The topological polar surface area (TPSA) is 72.2 Å². The zero-order chi connectivity index (χ0) is 14.2. The van der Waals surface area contributed by atoms with E-state index in [1.54, 1.807) is 0 Å². The molecular weight excluding hydrogens is 276 g/mol. The van der Waals surface area contributed by atoms with Crippen LogP contribution in [0.15, 0.2) is 6.20 Å². The van der Waals surface area contributed by atoms with Crippen molar-refractivity contribution >= 4 is 9.84 Å². The Morgan fingerprint density at radius 2 is 2.20 bits per heavy atom. The Labute approximate surface area is 119 Å². The maximum absolute atomic E-state index is 12.1. The highest BCUT2D eigenvalue weighted by atomic mass is 32.2. The fourth-order valence-corrected chi connectivity index (χ4v) is 5.18. The van der Waals surface area contributed by atoms with Gasteiger partial charge in [-0.2, -0.15) is 0 Å². The van der Waals surface area contributed by atoms with Crippen molar-refractivity contribution in [1.82, 2.24) is 9.55 Å². The Kier molecular flexibility index (Phi) is 3.86. The summed E-state index contributed by atoms with van der Waals surface area (Å²) in [6.45, 7) is 1.09. The minimum absolute atomic E-state index is 0.208. The van der Waals surface area contributed by atoms with Gasteiger partial charge in [-0.3, -0.25) is 0 Å². The molecule has 20 heavy (non-hydrogen) atoms. The van der Waals surface area contributed by atoms with Crippen molar-refractivity contribution < 1.29 is 13.5 Å². The molecule has 1 fully saturated rings. The molecule has 2 unspecified atom stereocenters. The van der Waals surface area contributed by atoms with Crippen LogP contribution in [0, 0.1) is 5.92 Å². The van der Waals surface area contributed by atoms with E-state index < -0.39 is 9.84 Å². The van der Waals surface area contributed by atoms with Gasteiger partial charge in [0, 0.05) is 32.2 Å². The molecule has 5 nitrogen and oxygen atoms in total. The van der Waals surface area contributed by atoms with Gasteiger partial charge in [0.2, 0.25) is 0 Å². The smallest absolute Gasteiger partial charge is 0.153 e. The van der Waals surface area contributed by atoms with E-state index in [4.69, 9.17) is 0 Å². The van der Waals surface area contributed by atoms with Crippen LogP contribution in [0.25, 0.3) is 0 Å². The normalized spacial score (nSPS) is 29.1. The highest BCUT2D eigenvalue weighted by Gasteiger charge is 2.30. The zero-order valence-electron chi connectivity index (χ0n) is 11.7. The van der Waals surface area contributed by atoms with Crippen molar-refractivity contribution in [1.29, 1.82) is 0 Å². The van der Waals surface area contributed by atoms with Gasteiger partial charge >= 0.3 is 0 Å². The molecule has 0 aromatic carbocycles. The molecule has 0 saturated carbocycles. The van der Waals surface area contributed by atoms with Crippen molar-refractivity contribution in [3.05, 3.63) is 17.7 Å². The lowest BCUT2D eigenvalue weighted by atomic mass is 9.99. The summed E-state index contributed by atoms with van der Waals surface area (Å²) in [6, 6.07) is 0. The highest BCUT2D eigenvalue weighted by molar-refractivity contribution is 7.92. The number of hydrogen-bond donors (Lipinski definition) is 1. The number of fused-ring (bicyclic) bond motifs is 1. The molecule has 0 radical (unpaired) electrons. The summed E-state index contributed by atoms with van der Waals surface area (Å²) in [5, 5.41) is 8.99. The lowest BCUT2D eigenvalue weighted by Crippen LogP contribution is -2.30. The first-order chi connectivity index (χ1) is 9.58. The second-order valence-corrected chi connectivity index (χ2v) is 8.47. The van der Waals surface area contributed by atoms with Gasteiger partial charge in [0.1, 0.15) is 5.82 Å². The molecule has 1 aromatic rings. The van der Waals surface area contributed by atoms with Gasteiger partial charge in [0.25, 0.3) is 0 Å². The number of aliphatic hydroxyl groups excluding tert-OH is 1. The maximum atomic E-state index is 12.1. The second-order valence-electron chi connectivity index (χ2n) is 6.07. The van der Waals surface area contributed by atoms with E-state index in [0.29, 0.717) is 18.1 Å². The van der Waals surface area contributed by atoms with E-state index in [1.807, 2.05) is 6.20 Å². The third-order valence-corrected chi connectivity index (χ3v) is 6.84. The number of aliphatic hydroxyl groups is 1. The van der Waals surface area contributed by atoms with Crippen LogP contribution in [0.2, 0.25) is 0 Å². The SMILES string of the molecule is O=S1(=O)CCCCC1Cc1cn2c(n1)CC(CO)CC2. The molecule has 3 rings (SSSR count). The minimum Gasteiger partial charge on any atom is -0.396 e. The lowest BCUT2D eigenvalue weighted by Gasteiger charge is -2.21.